The van der Waals surface area contributed by atoms with Crippen LogP contribution in [0.2, 0.25) is 0 Å². The van der Waals surface area contributed by atoms with Crippen molar-refractivity contribution in [3.8, 4) is 17.6 Å². The van der Waals surface area contributed by atoms with Gasteiger partial charge in [0, 0.05) is 18.0 Å². The monoisotopic (exact) mass is 239 g/mol. The minimum atomic E-state index is 0.258. The van der Waals surface area contributed by atoms with Gasteiger partial charge in [-0.05, 0) is 24.3 Å². The zero-order chi connectivity index (χ0) is 12.4. The van der Waals surface area contributed by atoms with E-state index in [-0.39, 0.29) is 6.79 Å². The Hall–Kier alpha value is -2.74. The van der Waals surface area contributed by atoms with Crippen molar-refractivity contribution in [2.45, 2.75) is 0 Å². The quantitative estimate of drug-likeness (QED) is 0.871. The second-order valence-electron chi connectivity index (χ2n) is 3.74. The van der Waals surface area contributed by atoms with Crippen molar-refractivity contribution in [2.24, 2.45) is 0 Å². The van der Waals surface area contributed by atoms with E-state index in [1.54, 1.807) is 12.1 Å². The highest BCUT2D eigenvalue weighted by atomic mass is 16.7. The fraction of sp³-hybridized carbons (Fsp3) is 0.0769. The molecule has 1 aromatic carbocycles. The van der Waals surface area contributed by atoms with Crippen molar-refractivity contribution >= 4 is 11.5 Å². The van der Waals surface area contributed by atoms with Crippen molar-refractivity contribution < 1.29 is 9.47 Å². The Morgan fingerprint density at radius 2 is 2.06 bits per heavy atom. The molecule has 1 aliphatic heterocycles. The third-order valence-corrected chi connectivity index (χ3v) is 2.54. The summed E-state index contributed by atoms with van der Waals surface area (Å²) in [6.07, 6.45) is 1.52. The largest absolute Gasteiger partial charge is 0.454 e. The molecule has 0 unspecified atom stereocenters. The fourth-order valence-electron chi connectivity index (χ4n) is 1.66. The van der Waals surface area contributed by atoms with E-state index in [4.69, 9.17) is 14.7 Å². The third-order valence-electron chi connectivity index (χ3n) is 2.54. The number of hydrogen-bond donors (Lipinski definition) is 1. The fourth-order valence-corrected chi connectivity index (χ4v) is 1.66. The molecule has 2 heterocycles. The number of nitriles is 1. The molecule has 5 nitrogen and oxygen atoms in total. The highest BCUT2D eigenvalue weighted by molar-refractivity contribution is 5.62. The van der Waals surface area contributed by atoms with Crippen molar-refractivity contribution in [2.75, 3.05) is 12.1 Å². The van der Waals surface area contributed by atoms with E-state index in [1.165, 1.54) is 6.20 Å². The summed E-state index contributed by atoms with van der Waals surface area (Å²) in [6, 6.07) is 11.1. The van der Waals surface area contributed by atoms with Crippen molar-refractivity contribution in [3.63, 3.8) is 0 Å². The average molecular weight is 239 g/mol. The van der Waals surface area contributed by atoms with Gasteiger partial charge in [0.05, 0.1) is 5.56 Å². The average Bonchev–Trinajstić information content (AvgIpc) is 2.87. The first-order valence-corrected chi connectivity index (χ1v) is 5.38. The van der Waals surface area contributed by atoms with Crippen LogP contribution in [0.4, 0.5) is 11.5 Å². The number of pyridine rings is 1. The predicted octanol–water partition coefficient (Wildman–Crippen LogP) is 2.43. The van der Waals surface area contributed by atoms with Crippen LogP contribution in [-0.2, 0) is 0 Å². The van der Waals surface area contributed by atoms with Gasteiger partial charge in [0.1, 0.15) is 11.9 Å². The third kappa shape index (κ3) is 1.92. The van der Waals surface area contributed by atoms with Crippen LogP contribution in [0.3, 0.4) is 0 Å². The van der Waals surface area contributed by atoms with E-state index < -0.39 is 0 Å². The maximum Gasteiger partial charge on any atom is 0.231 e. The van der Waals surface area contributed by atoms with Crippen molar-refractivity contribution in [1.82, 2.24) is 4.98 Å². The van der Waals surface area contributed by atoms with Gasteiger partial charge in [0.2, 0.25) is 6.79 Å². The summed E-state index contributed by atoms with van der Waals surface area (Å²) in [4.78, 5) is 4.13. The van der Waals surface area contributed by atoms with E-state index in [0.29, 0.717) is 17.1 Å². The lowest BCUT2D eigenvalue weighted by Gasteiger charge is -2.06. The number of anilines is 2. The zero-order valence-electron chi connectivity index (χ0n) is 9.38. The molecule has 0 spiro atoms. The van der Waals surface area contributed by atoms with Crippen LogP contribution in [0, 0.1) is 11.3 Å². The molecule has 18 heavy (non-hydrogen) atoms. The van der Waals surface area contributed by atoms with Crippen LogP contribution in [-0.4, -0.2) is 11.8 Å². The molecular weight excluding hydrogens is 230 g/mol. The van der Waals surface area contributed by atoms with Gasteiger partial charge in [-0.25, -0.2) is 4.98 Å². The molecular formula is C13H9N3O2. The number of rotatable bonds is 2. The Kier molecular flexibility index (Phi) is 2.47. The van der Waals surface area contributed by atoms with Gasteiger partial charge < -0.3 is 14.8 Å². The van der Waals surface area contributed by atoms with E-state index in [0.717, 1.165) is 11.4 Å². The van der Waals surface area contributed by atoms with Crippen molar-refractivity contribution in [1.29, 1.82) is 5.26 Å². The van der Waals surface area contributed by atoms with Gasteiger partial charge in [-0.3, -0.25) is 0 Å². The number of fused-ring (bicyclic) bond motifs is 1. The van der Waals surface area contributed by atoms with Gasteiger partial charge >= 0.3 is 0 Å². The number of hydrogen-bond acceptors (Lipinski definition) is 5. The first-order valence-electron chi connectivity index (χ1n) is 5.38. The molecule has 5 heteroatoms. The van der Waals surface area contributed by atoms with Gasteiger partial charge in [-0.1, -0.05) is 0 Å². The maximum absolute atomic E-state index is 8.68. The molecule has 0 radical (unpaired) electrons. The minimum Gasteiger partial charge on any atom is -0.454 e. The molecule has 2 aromatic rings. The molecule has 0 fully saturated rings. The first kappa shape index (κ1) is 10.4. The van der Waals surface area contributed by atoms with Crippen LogP contribution in [0.5, 0.6) is 11.5 Å². The molecule has 0 aliphatic carbocycles. The Bertz CT molecular complexity index is 617. The molecule has 0 bridgehead atoms. The lowest BCUT2D eigenvalue weighted by atomic mass is 10.2. The van der Waals surface area contributed by atoms with E-state index >= 15 is 0 Å². The van der Waals surface area contributed by atoms with Crippen LogP contribution in [0.1, 0.15) is 5.56 Å². The summed E-state index contributed by atoms with van der Waals surface area (Å²) in [5.41, 5.74) is 1.39. The minimum absolute atomic E-state index is 0.258. The van der Waals surface area contributed by atoms with E-state index in [2.05, 4.69) is 10.3 Å². The number of aromatic nitrogens is 1. The highest BCUT2D eigenvalue weighted by Gasteiger charge is 2.13. The second-order valence-corrected chi connectivity index (χ2v) is 3.74. The Balaban J connectivity index is 1.81. The molecule has 0 amide bonds. The summed E-state index contributed by atoms with van der Waals surface area (Å²) in [7, 11) is 0. The SMILES string of the molecule is N#Cc1ccc(Nc2ccc3c(c2)OCO3)nc1. The molecule has 1 N–H and O–H groups in total. The number of ether oxygens (including phenoxy) is 2. The highest BCUT2D eigenvalue weighted by Crippen LogP contribution is 2.34. The topological polar surface area (TPSA) is 67.2 Å². The summed E-state index contributed by atoms with van der Waals surface area (Å²) in [5.74, 6) is 2.13. The molecule has 1 aliphatic rings. The molecule has 3 rings (SSSR count). The van der Waals surface area contributed by atoms with Crippen molar-refractivity contribution in [3.05, 3.63) is 42.1 Å². The molecule has 0 saturated heterocycles. The van der Waals surface area contributed by atoms with E-state index in [9.17, 15) is 0 Å². The van der Waals surface area contributed by atoms with Gasteiger partial charge in [0.15, 0.2) is 11.5 Å². The van der Waals surface area contributed by atoms with Crippen LogP contribution < -0.4 is 14.8 Å². The second kappa shape index (κ2) is 4.26. The lowest BCUT2D eigenvalue weighted by Crippen LogP contribution is -1.94. The Morgan fingerprint density at radius 3 is 2.83 bits per heavy atom. The molecule has 1 aromatic heterocycles. The zero-order valence-corrected chi connectivity index (χ0v) is 9.38. The van der Waals surface area contributed by atoms with Crippen LogP contribution in [0.25, 0.3) is 0 Å². The molecule has 88 valence electrons. The van der Waals surface area contributed by atoms with Crippen LogP contribution in [0.15, 0.2) is 36.5 Å². The van der Waals surface area contributed by atoms with Gasteiger partial charge in [0.25, 0.3) is 0 Å². The molecule has 0 atom stereocenters. The van der Waals surface area contributed by atoms with Gasteiger partial charge in [-0.2, -0.15) is 5.26 Å². The predicted molar refractivity (Wildman–Crippen MR) is 64.8 cm³/mol. The Morgan fingerprint density at radius 1 is 1.17 bits per heavy atom. The summed E-state index contributed by atoms with van der Waals surface area (Å²) in [6.45, 7) is 0.258. The normalized spacial score (nSPS) is 11.9. The maximum atomic E-state index is 8.68. The first-order chi connectivity index (χ1) is 8.85. The number of nitrogens with zero attached hydrogens (tertiary/aromatic N) is 2. The Labute approximate surface area is 104 Å². The number of nitrogens with one attached hydrogen (secondary N) is 1. The van der Waals surface area contributed by atoms with Gasteiger partial charge in [-0.15, -0.1) is 0 Å². The van der Waals surface area contributed by atoms with E-state index in [1.807, 2.05) is 24.3 Å². The summed E-state index contributed by atoms with van der Waals surface area (Å²) in [5, 5.41) is 11.8. The molecule has 0 saturated carbocycles. The smallest absolute Gasteiger partial charge is 0.231 e. The van der Waals surface area contributed by atoms with Crippen LogP contribution >= 0.6 is 0 Å². The number of benzene rings is 1. The summed E-state index contributed by atoms with van der Waals surface area (Å²) < 4.78 is 10.5. The lowest BCUT2D eigenvalue weighted by molar-refractivity contribution is 0.174. The standard InChI is InChI=1S/C13H9N3O2/c14-6-9-1-4-13(15-7-9)16-10-2-3-11-12(5-10)18-8-17-11/h1-5,7H,8H2,(H,15,16). The summed E-state index contributed by atoms with van der Waals surface area (Å²) >= 11 is 0.